The van der Waals surface area contributed by atoms with E-state index in [2.05, 4.69) is 10.3 Å². The van der Waals surface area contributed by atoms with Crippen LogP contribution in [0.15, 0.2) is 48.7 Å². The molecule has 0 fully saturated rings. The molecular weight excluding hydrogens is 294 g/mol. The van der Waals surface area contributed by atoms with Gasteiger partial charge < -0.3 is 10.4 Å². The van der Waals surface area contributed by atoms with Crippen LogP contribution in [0.3, 0.4) is 0 Å². The monoisotopic (exact) mass is 315 g/mol. The summed E-state index contributed by atoms with van der Waals surface area (Å²) in [6, 6.07) is 13.0. The van der Waals surface area contributed by atoms with E-state index in [-0.39, 0.29) is 23.6 Å². The van der Waals surface area contributed by atoms with Crippen LogP contribution in [0, 0.1) is 15.5 Å². The van der Waals surface area contributed by atoms with Crippen LogP contribution in [0.2, 0.25) is 0 Å². The average molecular weight is 315 g/mol. The van der Waals surface area contributed by atoms with Gasteiger partial charge in [0.2, 0.25) is 0 Å². The molecule has 6 nitrogen and oxygen atoms in total. The average Bonchev–Trinajstić information content (AvgIpc) is 2.56. The molecule has 0 spiro atoms. The summed E-state index contributed by atoms with van der Waals surface area (Å²) < 4.78 is 0. The highest BCUT2D eigenvalue weighted by atomic mass is 16.6. The van der Waals surface area contributed by atoms with Crippen molar-refractivity contribution >= 4 is 11.5 Å². The lowest BCUT2D eigenvalue weighted by atomic mass is 9.75. The molecule has 0 aliphatic carbocycles. The normalized spacial score (nSPS) is 12.7. The number of anilines is 1. The van der Waals surface area contributed by atoms with Crippen LogP contribution in [-0.4, -0.2) is 28.2 Å². The first-order chi connectivity index (χ1) is 10.9. The standard InChI is InChI=1S/C17H21N3O3/c1-17(2,12-21)15(13-6-4-3-5-7-13)11-19-16-9-8-14(10-18-16)20(22)23/h3-10,15,21H,11-12H2,1-2H3,(H,18,19). The number of benzene rings is 1. The predicted octanol–water partition coefficient (Wildman–Crippen LogP) is 3.20. The number of nitrogens with zero attached hydrogens (tertiary/aromatic N) is 2. The number of nitro groups is 1. The van der Waals surface area contributed by atoms with Crippen molar-refractivity contribution in [2.45, 2.75) is 19.8 Å². The fourth-order valence-corrected chi connectivity index (χ4v) is 2.45. The quantitative estimate of drug-likeness (QED) is 0.605. The molecule has 2 aromatic rings. The number of pyridine rings is 1. The number of hydrogen-bond donors (Lipinski definition) is 2. The van der Waals surface area contributed by atoms with Crippen molar-refractivity contribution in [2.24, 2.45) is 5.41 Å². The first-order valence-corrected chi connectivity index (χ1v) is 7.44. The lowest BCUT2D eigenvalue weighted by molar-refractivity contribution is -0.385. The van der Waals surface area contributed by atoms with Gasteiger partial charge >= 0.3 is 0 Å². The molecule has 0 aliphatic heterocycles. The van der Waals surface area contributed by atoms with Gasteiger partial charge in [0.15, 0.2) is 0 Å². The second-order valence-electron chi connectivity index (χ2n) is 6.15. The Labute approximate surface area is 135 Å². The molecule has 2 N–H and O–H groups in total. The highest BCUT2D eigenvalue weighted by Crippen LogP contribution is 2.35. The molecule has 23 heavy (non-hydrogen) atoms. The molecule has 0 bridgehead atoms. The Balaban J connectivity index is 2.14. The zero-order chi connectivity index (χ0) is 16.9. The smallest absolute Gasteiger partial charge is 0.287 e. The van der Waals surface area contributed by atoms with Crippen LogP contribution in [0.25, 0.3) is 0 Å². The number of nitrogens with one attached hydrogen (secondary N) is 1. The molecule has 0 amide bonds. The Morgan fingerprint density at radius 3 is 2.48 bits per heavy atom. The third-order valence-electron chi connectivity index (χ3n) is 4.00. The number of aromatic nitrogens is 1. The van der Waals surface area contributed by atoms with Crippen molar-refractivity contribution in [3.63, 3.8) is 0 Å². The Kier molecular flexibility index (Phi) is 5.28. The molecule has 6 heteroatoms. The summed E-state index contributed by atoms with van der Waals surface area (Å²) in [6.07, 6.45) is 1.23. The van der Waals surface area contributed by atoms with Crippen molar-refractivity contribution in [1.29, 1.82) is 0 Å². The second kappa shape index (κ2) is 7.19. The summed E-state index contributed by atoms with van der Waals surface area (Å²) in [5.41, 5.74) is 0.779. The van der Waals surface area contributed by atoms with E-state index in [0.717, 1.165) is 5.56 Å². The van der Waals surface area contributed by atoms with Crippen molar-refractivity contribution in [1.82, 2.24) is 4.98 Å². The minimum Gasteiger partial charge on any atom is -0.396 e. The molecule has 2 rings (SSSR count). The maximum absolute atomic E-state index is 10.7. The summed E-state index contributed by atoms with van der Waals surface area (Å²) in [6.45, 7) is 4.65. The SMILES string of the molecule is CC(C)(CO)C(CNc1ccc([N+](=O)[O-])cn1)c1ccccc1. The van der Waals surface area contributed by atoms with Crippen LogP contribution >= 0.6 is 0 Å². The van der Waals surface area contributed by atoms with E-state index in [1.807, 2.05) is 44.2 Å². The second-order valence-corrected chi connectivity index (χ2v) is 6.15. The van der Waals surface area contributed by atoms with Gasteiger partial charge in [0.25, 0.3) is 5.69 Å². The van der Waals surface area contributed by atoms with Crippen LogP contribution < -0.4 is 5.32 Å². The first kappa shape index (κ1) is 16.9. The first-order valence-electron chi connectivity index (χ1n) is 7.44. The van der Waals surface area contributed by atoms with E-state index in [1.54, 1.807) is 6.07 Å². The predicted molar refractivity (Wildman–Crippen MR) is 89.4 cm³/mol. The number of hydrogen-bond acceptors (Lipinski definition) is 5. The van der Waals surface area contributed by atoms with E-state index in [9.17, 15) is 15.2 Å². The van der Waals surface area contributed by atoms with Crippen LogP contribution in [-0.2, 0) is 0 Å². The third-order valence-corrected chi connectivity index (χ3v) is 4.00. The van der Waals surface area contributed by atoms with Crippen LogP contribution in [0.1, 0.15) is 25.3 Å². The summed E-state index contributed by atoms with van der Waals surface area (Å²) in [5.74, 6) is 0.649. The maximum Gasteiger partial charge on any atom is 0.287 e. The van der Waals surface area contributed by atoms with Gasteiger partial charge in [-0.2, -0.15) is 0 Å². The molecule has 0 radical (unpaired) electrons. The third kappa shape index (κ3) is 4.26. The molecule has 0 saturated carbocycles. The highest BCUT2D eigenvalue weighted by molar-refractivity contribution is 5.41. The summed E-state index contributed by atoms with van der Waals surface area (Å²) in [5, 5.41) is 23.6. The van der Waals surface area contributed by atoms with E-state index < -0.39 is 4.92 Å². The minimum atomic E-state index is -0.474. The maximum atomic E-state index is 10.7. The Hall–Kier alpha value is -2.47. The zero-order valence-corrected chi connectivity index (χ0v) is 13.3. The fraction of sp³-hybridized carbons (Fsp3) is 0.353. The molecule has 1 aromatic carbocycles. The van der Waals surface area contributed by atoms with Crippen molar-refractivity contribution in [3.8, 4) is 0 Å². The zero-order valence-electron chi connectivity index (χ0n) is 13.3. The molecule has 1 heterocycles. The Morgan fingerprint density at radius 1 is 1.26 bits per heavy atom. The van der Waals surface area contributed by atoms with E-state index in [1.165, 1.54) is 12.3 Å². The lowest BCUT2D eigenvalue weighted by Gasteiger charge is -2.33. The van der Waals surface area contributed by atoms with Gasteiger partial charge in [-0.25, -0.2) is 4.98 Å². The largest absolute Gasteiger partial charge is 0.396 e. The molecule has 0 aliphatic rings. The van der Waals surface area contributed by atoms with Gasteiger partial charge in [0.1, 0.15) is 12.0 Å². The topological polar surface area (TPSA) is 88.3 Å². The number of rotatable bonds is 7. The van der Waals surface area contributed by atoms with Gasteiger partial charge in [-0.1, -0.05) is 44.2 Å². The molecule has 1 atom stereocenters. The molecule has 0 saturated heterocycles. The van der Waals surface area contributed by atoms with Crippen molar-refractivity contribution in [2.75, 3.05) is 18.5 Å². The Bertz CT molecular complexity index is 642. The van der Waals surface area contributed by atoms with Gasteiger partial charge in [-0.05, 0) is 17.0 Å². The van der Waals surface area contributed by atoms with E-state index >= 15 is 0 Å². The Morgan fingerprint density at radius 2 is 1.96 bits per heavy atom. The lowest BCUT2D eigenvalue weighted by Crippen LogP contribution is -2.31. The summed E-state index contributed by atoms with van der Waals surface area (Å²) in [4.78, 5) is 14.2. The molecule has 122 valence electrons. The molecule has 1 aromatic heterocycles. The fourth-order valence-electron chi connectivity index (χ4n) is 2.45. The highest BCUT2D eigenvalue weighted by Gasteiger charge is 2.30. The number of aliphatic hydroxyl groups excluding tert-OH is 1. The summed E-state index contributed by atoms with van der Waals surface area (Å²) >= 11 is 0. The van der Waals surface area contributed by atoms with E-state index in [4.69, 9.17) is 0 Å². The summed E-state index contributed by atoms with van der Waals surface area (Å²) in [7, 11) is 0. The molecular formula is C17H21N3O3. The van der Waals surface area contributed by atoms with Gasteiger partial charge in [0.05, 0.1) is 4.92 Å². The molecule has 1 unspecified atom stereocenters. The van der Waals surface area contributed by atoms with Crippen LogP contribution in [0.4, 0.5) is 11.5 Å². The van der Waals surface area contributed by atoms with E-state index in [0.29, 0.717) is 12.4 Å². The van der Waals surface area contributed by atoms with Crippen LogP contribution in [0.5, 0.6) is 0 Å². The van der Waals surface area contributed by atoms with Crippen molar-refractivity contribution < 1.29 is 10.0 Å². The van der Waals surface area contributed by atoms with Gasteiger partial charge in [-0.15, -0.1) is 0 Å². The number of aliphatic hydroxyl groups is 1. The van der Waals surface area contributed by atoms with Crippen molar-refractivity contribution in [3.05, 3.63) is 64.3 Å². The minimum absolute atomic E-state index is 0.0363. The van der Waals surface area contributed by atoms with Gasteiger partial charge in [-0.3, -0.25) is 10.1 Å². The van der Waals surface area contributed by atoms with Gasteiger partial charge in [0, 0.05) is 25.1 Å².